The molecule has 0 heterocycles. The number of sulfonamides is 1. The average Bonchev–Trinajstić information content (AvgIpc) is 2.47. The molecule has 0 radical (unpaired) electrons. The standard InChI is InChI=1S/C15H23N3O2S/c1-4-18(5-2)10-6-9-17-21(19,20)15-8-7-14(12-16)13(3)11-15/h7-8,11,17H,4-6,9-10H2,1-3H3. The molecule has 6 heteroatoms. The van der Waals surface area contributed by atoms with Crippen LogP contribution in [0.5, 0.6) is 0 Å². The lowest BCUT2D eigenvalue weighted by Gasteiger charge is -2.17. The molecule has 0 spiro atoms. The molecule has 0 aromatic heterocycles. The highest BCUT2D eigenvalue weighted by Crippen LogP contribution is 2.14. The Kier molecular flexibility index (Phi) is 6.82. The van der Waals surface area contributed by atoms with E-state index < -0.39 is 10.0 Å². The lowest BCUT2D eigenvalue weighted by molar-refractivity contribution is 0.300. The molecule has 0 amide bonds. The predicted octanol–water partition coefficient (Wildman–Crippen LogP) is 1.88. The molecule has 0 fully saturated rings. The second-order valence-electron chi connectivity index (χ2n) is 4.87. The summed E-state index contributed by atoms with van der Waals surface area (Å²) >= 11 is 0. The summed E-state index contributed by atoms with van der Waals surface area (Å²) in [7, 11) is -3.50. The van der Waals surface area contributed by atoms with Crippen molar-refractivity contribution >= 4 is 10.0 Å². The monoisotopic (exact) mass is 309 g/mol. The lowest BCUT2D eigenvalue weighted by atomic mass is 10.1. The normalized spacial score (nSPS) is 11.6. The highest BCUT2D eigenvalue weighted by Gasteiger charge is 2.14. The lowest BCUT2D eigenvalue weighted by Crippen LogP contribution is -2.30. The average molecular weight is 309 g/mol. The van der Waals surface area contributed by atoms with Crippen LogP contribution in [0.1, 0.15) is 31.4 Å². The van der Waals surface area contributed by atoms with Crippen LogP contribution in [0.3, 0.4) is 0 Å². The minimum atomic E-state index is -3.50. The van der Waals surface area contributed by atoms with Gasteiger partial charge in [-0.15, -0.1) is 0 Å². The fourth-order valence-electron chi connectivity index (χ4n) is 2.06. The zero-order chi connectivity index (χ0) is 15.9. The van der Waals surface area contributed by atoms with Crippen LogP contribution < -0.4 is 4.72 Å². The quantitative estimate of drug-likeness (QED) is 0.744. The summed E-state index contributed by atoms with van der Waals surface area (Å²) in [5.74, 6) is 0. The van der Waals surface area contributed by atoms with Gasteiger partial charge in [0, 0.05) is 6.54 Å². The third-order valence-corrected chi connectivity index (χ3v) is 4.92. The molecule has 21 heavy (non-hydrogen) atoms. The van der Waals surface area contributed by atoms with Crippen molar-refractivity contribution in [1.82, 2.24) is 9.62 Å². The van der Waals surface area contributed by atoms with Crippen LogP contribution in [0, 0.1) is 18.3 Å². The van der Waals surface area contributed by atoms with E-state index in [9.17, 15) is 8.42 Å². The number of nitrogens with zero attached hydrogens (tertiary/aromatic N) is 2. The van der Waals surface area contributed by atoms with Gasteiger partial charge in [0.2, 0.25) is 10.0 Å². The van der Waals surface area contributed by atoms with Gasteiger partial charge >= 0.3 is 0 Å². The molecule has 0 saturated carbocycles. The van der Waals surface area contributed by atoms with Crippen LogP contribution in [0.25, 0.3) is 0 Å². The van der Waals surface area contributed by atoms with E-state index in [1.807, 2.05) is 6.07 Å². The van der Waals surface area contributed by atoms with Gasteiger partial charge in [0.05, 0.1) is 16.5 Å². The molecule has 0 unspecified atom stereocenters. The molecular weight excluding hydrogens is 286 g/mol. The predicted molar refractivity (Wildman–Crippen MR) is 83.5 cm³/mol. The zero-order valence-electron chi connectivity index (χ0n) is 12.9. The van der Waals surface area contributed by atoms with Crippen molar-refractivity contribution in [2.45, 2.75) is 32.1 Å². The van der Waals surface area contributed by atoms with Gasteiger partial charge in [-0.2, -0.15) is 5.26 Å². The third-order valence-electron chi connectivity index (χ3n) is 3.47. The van der Waals surface area contributed by atoms with E-state index in [1.165, 1.54) is 12.1 Å². The minimum Gasteiger partial charge on any atom is -0.304 e. The zero-order valence-corrected chi connectivity index (χ0v) is 13.7. The highest BCUT2D eigenvalue weighted by molar-refractivity contribution is 7.89. The summed E-state index contributed by atoms with van der Waals surface area (Å²) in [6, 6.07) is 6.58. The van der Waals surface area contributed by atoms with E-state index in [0.717, 1.165) is 26.1 Å². The molecule has 0 aliphatic rings. The first kappa shape index (κ1) is 17.6. The summed E-state index contributed by atoms with van der Waals surface area (Å²) in [4.78, 5) is 2.46. The minimum absolute atomic E-state index is 0.210. The maximum Gasteiger partial charge on any atom is 0.240 e. The molecule has 1 aromatic carbocycles. The summed E-state index contributed by atoms with van der Waals surface area (Å²) in [5.41, 5.74) is 1.17. The number of aryl methyl sites for hydroxylation is 1. The third kappa shape index (κ3) is 5.12. The van der Waals surface area contributed by atoms with Crippen LogP contribution in [-0.4, -0.2) is 39.5 Å². The Labute approximate surface area is 127 Å². The second-order valence-corrected chi connectivity index (χ2v) is 6.63. The Morgan fingerprint density at radius 3 is 2.48 bits per heavy atom. The Morgan fingerprint density at radius 2 is 1.95 bits per heavy atom. The Balaban J connectivity index is 2.62. The van der Waals surface area contributed by atoms with E-state index in [0.29, 0.717) is 17.7 Å². The second kappa shape index (κ2) is 8.13. The highest BCUT2D eigenvalue weighted by atomic mass is 32.2. The number of nitrogens with one attached hydrogen (secondary N) is 1. The summed E-state index contributed by atoms with van der Waals surface area (Å²) in [5, 5.41) is 8.86. The molecule has 0 atom stereocenters. The molecule has 0 saturated heterocycles. The molecule has 116 valence electrons. The van der Waals surface area contributed by atoms with E-state index in [-0.39, 0.29) is 4.90 Å². The van der Waals surface area contributed by atoms with Crippen molar-refractivity contribution in [2.75, 3.05) is 26.2 Å². The van der Waals surface area contributed by atoms with Crippen molar-refractivity contribution in [3.63, 3.8) is 0 Å². The first-order valence-corrected chi connectivity index (χ1v) is 8.65. The number of hydrogen-bond donors (Lipinski definition) is 1. The Bertz CT molecular complexity index is 602. The van der Waals surface area contributed by atoms with E-state index >= 15 is 0 Å². The van der Waals surface area contributed by atoms with Gasteiger partial charge in [-0.05, 0) is 56.7 Å². The smallest absolute Gasteiger partial charge is 0.240 e. The number of hydrogen-bond acceptors (Lipinski definition) is 4. The van der Waals surface area contributed by atoms with Gasteiger partial charge in [-0.3, -0.25) is 0 Å². The maximum atomic E-state index is 12.2. The van der Waals surface area contributed by atoms with Gasteiger partial charge in [0.25, 0.3) is 0 Å². The van der Waals surface area contributed by atoms with Crippen LogP contribution >= 0.6 is 0 Å². The molecule has 1 aromatic rings. The summed E-state index contributed by atoms with van der Waals surface area (Å²) in [6.07, 6.45) is 0.774. The van der Waals surface area contributed by atoms with Crippen LogP contribution in [0.15, 0.2) is 23.1 Å². The van der Waals surface area contributed by atoms with Crippen LogP contribution in [0.2, 0.25) is 0 Å². The van der Waals surface area contributed by atoms with Crippen molar-refractivity contribution in [3.8, 4) is 6.07 Å². The molecule has 0 aliphatic heterocycles. The fourth-order valence-corrected chi connectivity index (χ4v) is 3.22. The van der Waals surface area contributed by atoms with Crippen molar-refractivity contribution in [3.05, 3.63) is 29.3 Å². The van der Waals surface area contributed by atoms with Crippen molar-refractivity contribution in [1.29, 1.82) is 5.26 Å². The summed E-state index contributed by atoms with van der Waals surface area (Å²) in [6.45, 7) is 9.15. The van der Waals surface area contributed by atoms with Crippen molar-refractivity contribution < 1.29 is 8.42 Å². The first-order valence-electron chi connectivity index (χ1n) is 7.17. The Hall–Kier alpha value is -1.42. The van der Waals surface area contributed by atoms with Gasteiger partial charge < -0.3 is 4.90 Å². The number of nitriles is 1. The topological polar surface area (TPSA) is 73.2 Å². The van der Waals surface area contributed by atoms with Gasteiger partial charge in [-0.25, -0.2) is 13.1 Å². The molecule has 1 N–H and O–H groups in total. The molecular formula is C15H23N3O2S. The van der Waals surface area contributed by atoms with E-state index in [4.69, 9.17) is 5.26 Å². The van der Waals surface area contributed by atoms with Gasteiger partial charge in [0.15, 0.2) is 0 Å². The first-order chi connectivity index (χ1) is 9.94. The summed E-state index contributed by atoms with van der Waals surface area (Å²) < 4.78 is 26.9. The van der Waals surface area contributed by atoms with Crippen molar-refractivity contribution in [2.24, 2.45) is 0 Å². The molecule has 1 rings (SSSR count). The van der Waals surface area contributed by atoms with Gasteiger partial charge in [0.1, 0.15) is 0 Å². The van der Waals surface area contributed by atoms with Gasteiger partial charge in [-0.1, -0.05) is 13.8 Å². The number of benzene rings is 1. The van der Waals surface area contributed by atoms with Crippen LogP contribution in [0.4, 0.5) is 0 Å². The largest absolute Gasteiger partial charge is 0.304 e. The molecule has 0 aliphatic carbocycles. The van der Waals surface area contributed by atoms with E-state index in [1.54, 1.807) is 13.0 Å². The Morgan fingerprint density at radius 1 is 1.29 bits per heavy atom. The maximum absolute atomic E-state index is 12.2. The molecule has 5 nitrogen and oxygen atoms in total. The SMILES string of the molecule is CCN(CC)CCCNS(=O)(=O)c1ccc(C#N)c(C)c1. The van der Waals surface area contributed by atoms with Crippen LogP contribution in [-0.2, 0) is 10.0 Å². The fraction of sp³-hybridized carbons (Fsp3) is 0.533. The molecule has 0 bridgehead atoms. The number of rotatable bonds is 8. The van der Waals surface area contributed by atoms with E-state index in [2.05, 4.69) is 23.5 Å².